The lowest BCUT2D eigenvalue weighted by atomic mass is 10.2. The van der Waals surface area contributed by atoms with E-state index >= 15 is 0 Å². The molecule has 0 aliphatic heterocycles. The second-order valence-corrected chi connectivity index (χ2v) is 5.26. The average Bonchev–Trinajstić information content (AvgIpc) is 2.40. The zero-order valence-corrected chi connectivity index (χ0v) is 12.4. The second-order valence-electron chi connectivity index (χ2n) is 3.96. The number of carboxylic acid groups (broad SMARTS) is 1. The van der Waals surface area contributed by atoms with Crippen LogP contribution < -0.4 is 5.32 Å². The summed E-state index contributed by atoms with van der Waals surface area (Å²) < 4.78 is 0.493. The highest BCUT2D eigenvalue weighted by atomic mass is 79.9. The van der Waals surface area contributed by atoms with E-state index in [0.29, 0.717) is 20.7 Å². The number of amides is 1. The van der Waals surface area contributed by atoms with Crippen molar-refractivity contribution in [1.82, 2.24) is 0 Å². The van der Waals surface area contributed by atoms with Gasteiger partial charge in [0.25, 0.3) is 5.91 Å². The average molecular weight is 355 g/mol. The van der Waals surface area contributed by atoms with E-state index in [0.717, 1.165) is 0 Å². The molecule has 0 aliphatic rings. The molecule has 102 valence electrons. The van der Waals surface area contributed by atoms with E-state index in [-0.39, 0.29) is 11.5 Å². The van der Waals surface area contributed by atoms with Crippen molar-refractivity contribution < 1.29 is 14.7 Å². The van der Waals surface area contributed by atoms with Crippen LogP contribution in [0.25, 0.3) is 0 Å². The fraction of sp³-hybridized carbons (Fsp3) is 0. The molecule has 20 heavy (non-hydrogen) atoms. The lowest BCUT2D eigenvalue weighted by molar-refractivity contribution is 0.0696. The lowest BCUT2D eigenvalue weighted by Gasteiger charge is -2.08. The first-order valence-corrected chi connectivity index (χ1v) is 6.74. The van der Waals surface area contributed by atoms with Gasteiger partial charge in [-0.05, 0) is 52.3 Å². The Balaban J connectivity index is 2.22. The van der Waals surface area contributed by atoms with Crippen molar-refractivity contribution in [3.05, 3.63) is 63.1 Å². The van der Waals surface area contributed by atoms with Crippen molar-refractivity contribution in [3.63, 3.8) is 0 Å². The van der Waals surface area contributed by atoms with Gasteiger partial charge >= 0.3 is 5.97 Å². The van der Waals surface area contributed by atoms with Crippen molar-refractivity contribution in [3.8, 4) is 0 Å². The molecule has 0 saturated heterocycles. The number of benzene rings is 2. The fourth-order valence-corrected chi connectivity index (χ4v) is 2.24. The minimum absolute atomic E-state index is 0.137. The van der Waals surface area contributed by atoms with Crippen LogP contribution in [0, 0.1) is 0 Å². The molecule has 0 bridgehead atoms. The first-order chi connectivity index (χ1) is 9.47. The van der Waals surface area contributed by atoms with Crippen molar-refractivity contribution in [2.75, 3.05) is 5.32 Å². The maximum atomic E-state index is 12.0. The highest BCUT2D eigenvalue weighted by Crippen LogP contribution is 2.24. The molecule has 0 saturated carbocycles. The Morgan fingerprint density at radius 2 is 1.85 bits per heavy atom. The van der Waals surface area contributed by atoms with Gasteiger partial charge in [0.2, 0.25) is 0 Å². The van der Waals surface area contributed by atoms with Crippen LogP contribution in [0.4, 0.5) is 5.69 Å². The van der Waals surface area contributed by atoms with Crippen LogP contribution in [0.5, 0.6) is 0 Å². The summed E-state index contributed by atoms with van der Waals surface area (Å²) in [4.78, 5) is 22.9. The molecule has 2 N–H and O–H groups in total. The van der Waals surface area contributed by atoms with Gasteiger partial charge in [0, 0.05) is 15.1 Å². The van der Waals surface area contributed by atoms with Crippen molar-refractivity contribution in [1.29, 1.82) is 0 Å². The van der Waals surface area contributed by atoms with Crippen LogP contribution in [0.2, 0.25) is 5.02 Å². The summed E-state index contributed by atoms with van der Waals surface area (Å²) in [5.41, 5.74) is 1.05. The first kappa shape index (κ1) is 14.6. The van der Waals surface area contributed by atoms with Gasteiger partial charge < -0.3 is 10.4 Å². The highest BCUT2D eigenvalue weighted by Gasteiger charge is 2.11. The van der Waals surface area contributed by atoms with Crippen LogP contribution in [0.3, 0.4) is 0 Å². The summed E-state index contributed by atoms with van der Waals surface area (Å²) in [5.74, 6) is -1.35. The molecule has 2 aromatic rings. The number of nitrogens with one attached hydrogen (secondary N) is 1. The van der Waals surface area contributed by atoms with Crippen LogP contribution in [0.15, 0.2) is 46.9 Å². The third kappa shape index (κ3) is 3.37. The molecule has 0 aromatic heterocycles. The number of anilines is 1. The fourth-order valence-electron chi connectivity index (χ4n) is 1.57. The quantitative estimate of drug-likeness (QED) is 0.874. The highest BCUT2D eigenvalue weighted by molar-refractivity contribution is 9.10. The molecule has 0 unspecified atom stereocenters. The molecule has 0 spiro atoms. The summed E-state index contributed by atoms with van der Waals surface area (Å²) >= 11 is 9.05. The minimum atomic E-state index is -1.03. The van der Waals surface area contributed by atoms with E-state index in [1.54, 1.807) is 24.3 Å². The summed E-state index contributed by atoms with van der Waals surface area (Å²) in [7, 11) is 0. The molecular formula is C14H9BrClNO3. The molecule has 2 rings (SSSR count). The summed E-state index contributed by atoms with van der Waals surface area (Å²) in [6.45, 7) is 0. The number of hydrogen-bond acceptors (Lipinski definition) is 2. The van der Waals surface area contributed by atoms with E-state index < -0.39 is 5.97 Å². The summed E-state index contributed by atoms with van der Waals surface area (Å²) in [6.07, 6.45) is 0. The van der Waals surface area contributed by atoms with Crippen LogP contribution in [-0.4, -0.2) is 17.0 Å². The number of carboxylic acids is 1. The summed E-state index contributed by atoms with van der Waals surface area (Å²) in [5, 5.41) is 12.0. The standard InChI is InChI=1S/C14H9BrClNO3/c15-11-7-9(14(19)20)4-5-12(11)17-13(18)8-2-1-3-10(16)6-8/h1-7H,(H,17,18)(H,19,20). The lowest BCUT2D eigenvalue weighted by Crippen LogP contribution is -2.12. The zero-order valence-electron chi connectivity index (χ0n) is 10.1. The number of aromatic carboxylic acids is 1. The maximum Gasteiger partial charge on any atom is 0.335 e. The van der Waals surface area contributed by atoms with Crippen molar-refractivity contribution in [2.45, 2.75) is 0 Å². The monoisotopic (exact) mass is 353 g/mol. The number of carbonyl (C=O) groups excluding carboxylic acids is 1. The van der Waals surface area contributed by atoms with Crippen molar-refractivity contribution >= 4 is 45.1 Å². The molecule has 0 fully saturated rings. The third-order valence-electron chi connectivity index (χ3n) is 2.55. The molecule has 6 heteroatoms. The Labute approximate surface area is 128 Å². The predicted molar refractivity (Wildman–Crippen MR) is 80.5 cm³/mol. The van der Waals surface area contributed by atoms with E-state index in [1.165, 1.54) is 18.2 Å². The Hall–Kier alpha value is -1.85. The third-order valence-corrected chi connectivity index (χ3v) is 3.44. The second kappa shape index (κ2) is 6.07. The Bertz CT molecular complexity index is 688. The Morgan fingerprint density at radius 3 is 2.45 bits per heavy atom. The largest absolute Gasteiger partial charge is 0.478 e. The van der Waals surface area contributed by atoms with E-state index in [1.807, 2.05) is 0 Å². The van der Waals surface area contributed by atoms with Gasteiger partial charge in [-0.15, -0.1) is 0 Å². The molecule has 4 nitrogen and oxygen atoms in total. The first-order valence-electron chi connectivity index (χ1n) is 5.57. The van der Waals surface area contributed by atoms with E-state index in [9.17, 15) is 9.59 Å². The van der Waals surface area contributed by atoms with Gasteiger partial charge in [-0.1, -0.05) is 17.7 Å². The minimum Gasteiger partial charge on any atom is -0.478 e. The molecular weight excluding hydrogens is 346 g/mol. The van der Waals surface area contributed by atoms with Crippen LogP contribution in [-0.2, 0) is 0 Å². The number of carbonyl (C=O) groups is 2. The van der Waals surface area contributed by atoms with E-state index in [2.05, 4.69) is 21.2 Å². The summed E-state index contributed by atoms with van der Waals surface area (Å²) in [6, 6.07) is 10.9. The van der Waals surface area contributed by atoms with Crippen LogP contribution >= 0.6 is 27.5 Å². The van der Waals surface area contributed by atoms with Gasteiger partial charge in [-0.3, -0.25) is 4.79 Å². The van der Waals surface area contributed by atoms with Gasteiger partial charge in [0.05, 0.1) is 11.3 Å². The molecule has 0 radical (unpaired) electrons. The predicted octanol–water partition coefficient (Wildman–Crippen LogP) is 4.05. The van der Waals surface area contributed by atoms with Crippen molar-refractivity contribution in [2.24, 2.45) is 0 Å². The number of halogens is 2. The number of hydrogen-bond donors (Lipinski definition) is 2. The number of rotatable bonds is 3. The molecule has 1 amide bonds. The smallest absolute Gasteiger partial charge is 0.335 e. The Kier molecular flexibility index (Phi) is 4.42. The van der Waals surface area contributed by atoms with Crippen LogP contribution in [0.1, 0.15) is 20.7 Å². The Morgan fingerprint density at radius 1 is 1.10 bits per heavy atom. The van der Waals surface area contributed by atoms with E-state index in [4.69, 9.17) is 16.7 Å². The van der Waals surface area contributed by atoms with Gasteiger partial charge in [-0.25, -0.2) is 4.79 Å². The normalized spacial score (nSPS) is 10.1. The topological polar surface area (TPSA) is 66.4 Å². The zero-order chi connectivity index (χ0) is 14.7. The molecule has 0 heterocycles. The van der Waals surface area contributed by atoms with Gasteiger partial charge in [-0.2, -0.15) is 0 Å². The molecule has 2 aromatic carbocycles. The molecule has 0 aliphatic carbocycles. The van der Waals surface area contributed by atoms with Gasteiger partial charge in [0.1, 0.15) is 0 Å². The molecule has 0 atom stereocenters. The SMILES string of the molecule is O=C(O)c1ccc(NC(=O)c2cccc(Cl)c2)c(Br)c1. The maximum absolute atomic E-state index is 12.0. The van der Waals surface area contributed by atoms with Gasteiger partial charge in [0.15, 0.2) is 0 Å².